The van der Waals surface area contributed by atoms with Crippen LogP contribution in [0.1, 0.15) is 20.3 Å². The van der Waals surface area contributed by atoms with E-state index in [1.807, 2.05) is 17.1 Å². The van der Waals surface area contributed by atoms with Gasteiger partial charge in [0.05, 0.1) is 24.5 Å². The first-order valence-corrected chi connectivity index (χ1v) is 9.26. The molecule has 1 N–H and O–H groups in total. The van der Waals surface area contributed by atoms with Gasteiger partial charge in [-0.2, -0.15) is 0 Å². The molecule has 4 heterocycles. The lowest BCUT2D eigenvalue weighted by molar-refractivity contribution is -0.143. The van der Waals surface area contributed by atoms with Gasteiger partial charge in [-0.05, 0) is 13.3 Å². The van der Waals surface area contributed by atoms with Crippen molar-refractivity contribution in [1.82, 2.24) is 15.1 Å². The Morgan fingerprint density at radius 2 is 2.23 bits per heavy atom. The fraction of sp³-hybridized carbons (Fsp3) is 0.632. The van der Waals surface area contributed by atoms with Crippen molar-refractivity contribution in [3.05, 3.63) is 23.8 Å². The summed E-state index contributed by atoms with van der Waals surface area (Å²) in [5.74, 6) is -1.02. The van der Waals surface area contributed by atoms with Crippen LogP contribution in [-0.2, 0) is 19.1 Å². The Morgan fingerprint density at radius 3 is 2.92 bits per heavy atom. The zero-order valence-corrected chi connectivity index (χ0v) is 15.2. The number of rotatable bonds is 4. The summed E-state index contributed by atoms with van der Waals surface area (Å²) in [6.07, 6.45) is 6.56. The van der Waals surface area contributed by atoms with Crippen LogP contribution in [0.4, 0.5) is 0 Å². The molecule has 140 valence electrons. The van der Waals surface area contributed by atoms with Crippen LogP contribution in [0.25, 0.3) is 0 Å². The third-order valence-corrected chi connectivity index (χ3v) is 5.97. The summed E-state index contributed by atoms with van der Waals surface area (Å²) >= 11 is 0. The molecular weight excluding hydrogens is 334 g/mol. The van der Waals surface area contributed by atoms with Gasteiger partial charge < -0.3 is 19.9 Å². The van der Waals surface area contributed by atoms with Crippen LogP contribution < -0.4 is 5.32 Å². The summed E-state index contributed by atoms with van der Waals surface area (Å²) in [4.78, 5) is 40.8. The summed E-state index contributed by atoms with van der Waals surface area (Å²) in [7, 11) is 0. The molecule has 2 bridgehead atoms. The molecule has 0 unspecified atom stereocenters. The third kappa shape index (κ3) is 2.65. The Hall–Kier alpha value is -2.15. The van der Waals surface area contributed by atoms with E-state index in [0.29, 0.717) is 32.7 Å². The molecule has 4 aliphatic heterocycles. The largest absolute Gasteiger partial charge is 0.360 e. The number of nitrogens with zero attached hydrogens (tertiary/aromatic N) is 2. The summed E-state index contributed by atoms with van der Waals surface area (Å²) in [5, 5.41) is 2.72. The van der Waals surface area contributed by atoms with Crippen LogP contribution in [-0.4, -0.2) is 72.0 Å². The van der Waals surface area contributed by atoms with Crippen molar-refractivity contribution in [2.45, 2.75) is 32.0 Å². The van der Waals surface area contributed by atoms with Crippen molar-refractivity contribution in [3.63, 3.8) is 0 Å². The molecule has 4 atom stereocenters. The van der Waals surface area contributed by atoms with Gasteiger partial charge >= 0.3 is 0 Å². The van der Waals surface area contributed by atoms with Crippen molar-refractivity contribution < 1.29 is 19.1 Å². The second kappa shape index (κ2) is 6.23. The molecule has 0 saturated carbocycles. The molecule has 0 radical (unpaired) electrons. The maximum absolute atomic E-state index is 13.1. The maximum Gasteiger partial charge on any atom is 0.230 e. The summed E-state index contributed by atoms with van der Waals surface area (Å²) in [6, 6.07) is 0. The van der Waals surface area contributed by atoms with E-state index < -0.39 is 17.4 Å². The number of carbonyl (C=O) groups excluding carboxylic acids is 3. The number of fused-ring (bicyclic) bond motifs is 1. The number of hydrogen-bond acceptors (Lipinski definition) is 4. The molecule has 0 aromatic carbocycles. The fourth-order valence-electron chi connectivity index (χ4n) is 4.60. The van der Waals surface area contributed by atoms with E-state index in [2.05, 4.69) is 18.3 Å². The van der Waals surface area contributed by atoms with Crippen LogP contribution in [0.2, 0.25) is 0 Å². The molecule has 0 aromatic rings. The van der Waals surface area contributed by atoms with E-state index in [1.165, 1.54) is 12.5 Å². The summed E-state index contributed by atoms with van der Waals surface area (Å²) in [6.45, 7) is 6.14. The molecule has 2 fully saturated rings. The topological polar surface area (TPSA) is 79.0 Å². The van der Waals surface area contributed by atoms with Crippen LogP contribution in [0, 0.1) is 11.8 Å². The van der Waals surface area contributed by atoms with Gasteiger partial charge in [0, 0.05) is 33.1 Å². The standard InChI is InChI=1S/C19H25N3O4/c1-12-4-8-21(9-5-12)17(24)15-14-3-6-19(26-14)11-22(18(25)16(15)19)10-7-20-13(2)23/h3-4,6,14-16H,5,7-11H2,1-2H3,(H,20,23)/t14-,15+,16+,19-/m0/s1. The predicted molar refractivity (Wildman–Crippen MR) is 93.9 cm³/mol. The number of nitrogens with one attached hydrogen (secondary N) is 1. The molecule has 1 spiro atoms. The number of likely N-dealkylation sites (tertiary alicyclic amines) is 1. The van der Waals surface area contributed by atoms with E-state index in [0.717, 1.165) is 6.42 Å². The van der Waals surface area contributed by atoms with Gasteiger partial charge in [0.2, 0.25) is 17.7 Å². The lowest BCUT2D eigenvalue weighted by atomic mass is 9.76. The highest BCUT2D eigenvalue weighted by Gasteiger charge is 2.67. The quantitative estimate of drug-likeness (QED) is 0.721. The highest BCUT2D eigenvalue weighted by molar-refractivity contribution is 5.93. The minimum Gasteiger partial charge on any atom is -0.360 e. The molecule has 7 heteroatoms. The highest BCUT2D eigenvalue weighted by Crippen LogP contribution is 2.52. The van der Waals surface area contributed by atoms with E-state index in [4.69, 9.17) is 4.74 Å². The first kappa shape index (κ1) is 17.3. The van der Waals surface area contributed by atoms with Gasteiger partial charge in [-0.15, -0.1) is 0 Å². The Kier molecular flexibility index (Phi) is 4.14. The molecular formula is C19H25N3O4. The third-order valence-electron chi connectivity index (χ3n) is 5.97. The Balaban J connectivity index is 1.50. The van der Waals surface area contributed by atoms with Crippen molar-refractivity contribution in [1.29, 1.82) is 0 Å². The zero-order chi connectivity index (χ0) is 18.5. The number of amides is 3. The molecule has 7 nitrogen and oxygen atoms in total. The van der Waals surface area contributed by atoms with Crippen LogP contribution >= 0.6 is 0 Å². The highest BCUT2D eigenvalue weighted by atomic mass is 16.5. The van der Waals surface area contributed by atoms with Crippen LogP contribution in [0.3, 0.4) is 0 Å². The lowest BCUT2D eigenvalue weighted by Gasteiger charge is -2.31. The smallest absolute Gasteiger partial charge is 0.230 e. The van der Waals surface area contributed by atoms with Crippen LogP contribution in [0.15, 0.2) is 23.8 Å². The molecule has 4 rings (SSSR count). The zero-order valence-electron chi connectivity index (χ0n) is 15.2. The molecule has 3 amide bonds. The SMILES string of the molecule is CC(=O)NCCN1C[C@]23C=C[C@H](O2)[C@@H](C(=O)N2CC=C(C)CC2)[C@@H]3C1=O. The average molecular weight is 359 g/mol. The van der Waals surface area contributed by atoms with E-state index >= 15 is 0 Å². The fourth-order valence-corrected chi connectivity index (χ4v) is 4.60. The second-order valence-corrected chi connectivity index (χ2v) is 7.73. The normalized spacial score (nSPS) is 34.9. The van der Waals surface area contributed by atoms with E-state index in [9.17, 15) is 14.4 Å². The van der Waals surface area contributed by atoms with E-state index in [1.54, 1.807) is 4.90 Å². The van der Waals surface area contributed by atoms with Gasteiger partial charge in [-0.3, -0.25) is 14.4 Å². The van der Waals surface area contributed by atoms with Crippen LogP contribution in [0.5, 0.6) is 0 Å². The summed E-state index contributed by atoms with van der Waals surface area (Å²) in [5.41, 5.74) is 0.621. The predicted octanol–water partition coefficient (Wildman–Crippen LogP) is 0.0831. The number of hydrogen-bond donors (Lipinski definition) is 1. The Bertz CT molecular complexity index is 716. The lowest BCUT2D eigenvalue weighted by Crippen LogP contribution is -2.47. The number of carbonyl (C=O) groups is 3. The number of ether oxygens (including phenoxy) is 1. The van der Waals surface area contributed by atoms with Crippen molar-refractivity contribution >= 4 is 17.7 Å². The molecule has 26 heavy (non-hydrogen) atoms. The Morgan fingerprint density at radius 1 is 1.42 bits per heavy atom. The minimum atomic E-state index is -0.681. The van der Waals surface area contributed by atoms with Gasteiger partial charge in [-0.25, -0.2) is 0 Å². The average Bonchev–Trinajstić information content (AvgIpc) is 3.23. The van der Waals surface area contributed by atoms with Gasteiger partial charge in [-0.1, -0.05) is 23.8 Å². The minimum absolute atomic E-state index is 0.0204. The van der Waals surface area contributed by atoms with Crippen molar-refractivity contribution in [3.8, 4) is 0 Å². The molecule has 4 aliphatic rings. The van der Waals surface area contributed by atoms with Gasteiger partial charge in [0.15, 0.2) is 0 Å². The molecule has 0 aromatic heterocycles. The monoisotopic (exact) mass is 359 g/mol. The summed E-state index contributed by atoms with van der Waals surface area (Å²) < 4.78 is 6.13. The maximum atomic E-state index is 13.1. The first-order chi connectivity index (χ1) is 12.4. The molecule has 0 aliphatic carbocycles. The second-order valence-electron chi connectivity index (χ2n) is 7.73. The first-order valence-electron chi connectivity index (χ1n) is 9.26. The Labute approximate surface area is 153 Å². The molecule has 2 saturated heterocycles. The van der Waals surface area contributed by atoms with Gasteiger partial charge in [0.1, 0.15) is 5.60 Å². The van der Waals surface area contributed by atoms with Crippen molar-refractivity contribution in [2.24, 2.45) is 11.8 Å². The van der Waals surface area contributed by atoms with Gasteiger partial charge in [0.25, 0.3) is 0 Å². The van der Waals surface area contributed by atoms with Crippen molar-refractivity contribution in [2.75, 3.05) is 32.7 Å². The van der Waals surface area contributed by atoms with E-state index in [-0.39, 0.29) is 23.8 Å².